The topological polar surface area (TPSA) is 18.5 Å². The van der Waals surface area contributed by atoms with E-state index in [1.165, 1.54) is 30.9 Å². The molecular weight excluding hydrogens is 246 g/mol. The van der Waals surface area contributed by atoms with E-state index in [9.17, 15) is 0 Å². The summed E-state index contributed by atoms with van der Waals surface area (Å²) in [6.45, 7) is 12.0. The molecular formula is C17H29N3. The maximum atomic E-state index is 3.57. The van der Waals surface area contributed by atoms with Crippen molar-refractivity contribution < 1.29 is 0 Å². The molecule has 1 aromatic rings. The number of rotatable bonds is 4. The lowest BCUT2D eigenvalue weighted by atomic mass is 10.0. The van der Waals surface area contributed by atoms with E-state index in [-0.39, 0.29) is 0 Å². The van der Waals surface area contributed by atoms with Crippen LogP contribution in [-0.4, -0.2) is 39.8 Å². The molecule has 0 bridgehead atoms. The summed E-state index contributed by atoms with van der Waals surface area (Å²) in [5.74, 6) is 0.665. The van der Waals surface area contributed by atoms with Crippen LogP contribution in [0.15, 0.2) is 18.2 Å². The number of hydrogen-bond acceptors (Lipinski definition) is 3. The van der Waals surface area contributed by atoms with Crippen LogP contribution in [0.25, 0.3) is 0 Å². The van der Waals surface area contributed by atoms with Gasteiger partial charge in [-0.05, 0) is 24.6 Å². The Hall–Kier alpha value is -1.22. The van der Waals surface area contributed by atoms with Gasteiger partial charge in [-0.25, -0.2) is 0 Å². The van der Waals surface area contributed by atoms with E-state index in [0.29, 0.717) is 5.92 Å². The van der Waals surface area contributed by atoms with Crippen molar-refractivity contribution in [2.45, 2.75) is 33.1 Å². The Bertz CT molecular complexity index is 430. The van der Waals surface area contributed by atoms with E-state index in [2.05, 4.69) is 47.3 Å². The van der Waals surface area contributed by atoms with E-state index in [4.69, 9.17) is 0 Å². The first-order chi connectivity index (χ1) is 9.81. The predicted octanol–water partition coefficient (Wildman–Crippen LogP) is 3.07. The molecule has 112 valence electrons. The number of para-hydroxylation sites is 1. The van der Waals surface area contributed by atoms with Crippen LogP contribution >= 0.6 is 0 Å². The van der Waals surface area contributed by atoms with Gasteiger partial charge in [-0.3, -0.25) is 0 Å². The molecule has 0 aliphatic carbocycles. The highest BCUT2D eigenvalue weighted by Crippen LogP contribution is 2.44. The smallest absolute Gasteiger partial charge is 0.0641 e. The third kappa shape index (κ3) is 2.78. The lowest BCUT2D eigenvalue weighted by molar-refractivity contribution is 0.588. The second kappa shape index (κ2) is 6.98. The quantitative estimate of drug-likeness (QED) is 0.852. The lowest BCUT2D eigenvalue weighted by Crippen LogP contribution is -2.38. The van der Waals surface area contributed by atoms with Gasteiger partial charge in [0.05, 0.1) is 11.4 Å². The average Bonchev–Trinajstić information content (AvgIpc) is 2.85. The van der Waals surface area contributed by atoms with Crippen LogP contribution in [0, 0.1) is 0 Å². The number of anilines is 2. The Morgan fingerprint density at radius 2 is 2.05 bits per heavy atom. The van der Waals surface area contributed by atoms with E-state index in [1.807, 2.05) is 13.8 Å². The van der Waals surface area contributed by atoms with Crippen molar-refractivity contribution in [3.8, 4) is 0 Å². The van der Waals surface area contributed by atoms with Crippen molar-refractivity contribution in [2.24, 2.45) is 0 Å². The van der Waals surface area contributed by atoms with Crippen LogP contribution in [0.4, 0.5) is 11.4 Å². The molecule has 0 saturated heterocycles. The molecule has 20 heavy (non-hydrogen) atoms. The Morgan fingerprint density at radius 3 is 2.80 bits per heavy atom. The molecule has 0 radical (unpaired) electrons. The van der Waals surface area contributed by atoms with Gasteiger partial charge in [-0.1, -0.05) is 32.9 Å². The summed E-state index contributed by atoms with van der Waals surface area (Å²) in [4.78, 5) is 4.96. The number of hydrogen-bond donors (Lipinski definition) is 1. The highest BCUT2D eigenvalue weighted by Gasteiger charge is 2.33. The van der Waals surface area contributed by atoms with Crippen molar-refractivity contribution in [1.29, 1.82) is 0 Å². The largest absolute Gasteiger partial charge is 0.371 e. The highest BCUT2D eigenvalue weighted by molar-refractivity contribution is 5.79. The van der Waals surface area contributed by atoms with Crippen LogP contribution < -0.4 is 15.1 Å². The summed E-state index contributed by atoms with van der Waals surface area (Å²) in [7, 11) is 2.20. The molecule has 0 aromatic heterocycles. The number of likely N-dealkylation sites (N-methyl/N-ethyl adjacent to an activating group) is 1. The SMILES string of the molecule is CC.CCCNCC1CN2CCN(C)c3cccc1c32. The first-order valence-corrected chi connectivity index (χ1v) is 8.11. The zero-order valence-corrected chi connectivity index (χ0v) is 13.4. The van der Waals surface area contributed by atoms with Crippen LogP contribution in [0.5, 0.6) is 0 Å². The molecule has 0 fully saturated rings. The minimum Gasteiger partial charge on any atom is -0.371 e. The minimum atomic E-state index is 0.665. The molecule has 3 rings (SSSR count). The normalized spacial score (nSPS) is 19.5. The van der Waals surface area contributed by atoms with Crippen LogP contribution in [-0.2, 0) is 0 Å². The van der Waals surface area contributed by atoms with Gasteiger partial charge in [-0.2, -0.15) is 0 Å². The van der Waals surface area contributed by atoms with E-state index in [0.717, 1.165) is 19.6 Å². The van der Waals surface area contributed by atoms with E-state index in [1.54, 1.807) is 5.56 Å². The van der Waals surface area contributed by atoms with Gasteiger partial charge in [0.2, 0.25) is 0 Å². The maximum Gasteiger partial charge on any atom is 0.0641 e. The molecule has 1 atom stereocenters. The average molecular weight is 275 g/mol. The van der Waals surface area contributed by atoms with Gasteiger partial charge in [-0.15, -0.1) is 0 Å². The van der Waals surface area contributed by atoms with E-state index < -0.39 is 0 Å². The summed E-state index contributed by atoms with van der Waals surface area (Å²) < 4.78 is 0. The van der Waals surface area contributed by atoms with E-state index >= 15 is 0 Å². The van der Waals surface area contributed by atoms with Gasteiger partial charge < -0.3 is 15.1 Å². The Morgan fingerprint density at radius 1 is 1.25 bits per heavy atom. The highest BCUT2D eigenvalue weighted by atomic mass is 15.3. The number of benzene rings is 1. The maximum absolute atomic E-state index is 3.57. The van der Waals surface area contributed by atoms with Crippen molar-refractivity contribution in [3.63, 3.8) is 0 Å². The zero-order chi connectivity index (χ0) is 14.5. The van der Waals surface area contributed by atoms with Gasteiger partial charge in [0.1, 0.15) is 0 Å². The number of nitrogens with one attached hydrogen (secondary N) is 1. The van der Waals surface area contributed by atoms with Gasteiger partial charge in [0.15, 0.2) is 0 Å². The molecule has 1 unspecified atom stereocenters. The summed E-state index contributed by atoms with van der Waals surface area (Å²) in [5.41, 5.74) is 4.45. The minimum absolute atomic E-state index is 0.665. The summed E-state index contributed by atoms with van der Waals surface area (Å²) >= 11 is 0. The van der Waals surface area contributed by atoms with Crippen molar-refractivity contribution in [2.75, 3.05) is 49.6 Å². The van der Waals surface area contributed by atoms with Crippen molar-refractivity contribution >= 4 is 11.4 Å². The first kappa shape index (κ1) is 15.2. The Labute approximate surface area is 124 Å². The third-order valence-electron chi connectivity index (χ3n) is 4.18. The lowest BCUT2D eigenvalue weighted by Gasteiger charge is -2.34. The van der Waals surface area contributed by atoms with Gasteiger partial charge in [0, 0.05) is 39.1 Å². The monoisotopic (exact) mass is 275 g/mol. The molecule has 2 aliphatic rings. The fourth-order valence-corrected chi connectivity index (χ4v) is 3.21. The molecule has 3 nitrogen and oxygen atoms in total. The standard InChI is InChI=1S/C15H23N3.C2H6/c1-3-7-16-10-12-11-18-9-8-17(2)14-6-4-5-13(12)15(14)18;1-2/h4-6,12,16H,3,7-11H2,1-2H3;1-2H3. The van der Waals surface area contributed by atoms with Crippen molar-refractivity contribution in [1.82, 2.24) is 5.32 Å². The molecule has 0 spiro atoms. The van der Waals surface area contributed by atoms with Crippen LogP contribution in [0.1, 0.15) is 38.7 Å². The second-order valence-corrected chi connectivity index (χ2v) is 5.48. The van der Waals surface area contributed by atoms with Crippen LogP contribution in [0.2, 0.25) is 0 Å². The molecule has 2 heterocycles. The fraction of sp³-hybridized carbons (Fsp3) is 0.647. The van der Waals surface area contributed by atoms with Crippen LogP contribution in [0.3, 0.4) is 0 Å². The molecule has 2 aliphatic heterocycles. The summed E-state index contributed by atoms with van der Waals surface area (Å²) in [6, 6.07) is 6.79. The summed E-state index contributed by atoms with van der Waals surface area (Å²) in [6.07, 6.45) is 1.21. The van der Waals surface area contributed by atoms with Gasteiger partial charge in [0.25, 0.3) is 0 Å². The molecule has 1 aromatic carbocycles. The molecule has 3 heteroatoms. The molecule has 1 N–H and O–H groups in total. The zero-order valence-electron chi connectivity index (χ0n) is 13.4. The number of nitrogens with zero attached hydrogens (tertiary/aromatic N) is 2. The first-order valence-electron chi connectivity index (χ1n) is 8.11. The molecule has 0 amide bonds. The Balaban J connectivity index is 0.000000704. The fourth-order valence-electron chi connectivity index (χ4n) is 3.21. The predicted molar refractivity (Wildman–Crippen MR) is 89.2 cm³/mol. The Kier molecular flexibility index (Phi) is 5.30. The molecule has 0 saturated carbocycles. The van der Waals surface area contributed by atoms with Crippen molar-refractivity contribution in [3.05, 3.63) is 23.8 Å². The second-order valence-electron chi connectivity index (χ2n) is 5.48. The third-order valence-corrected chi connectivity index (χ3v) is 4.18. The summed E-state index contributed by atoms with van der Waals surface area (Å²) in [5, 5.41) is 3.57. The van der Waals surface area contributed by atoms with Gasteiger partial charge >= 0.3 is 0 Å².